The molecule has 0 unspecified atom stereocenters. The van der Waals surface area contributed by atoms with Gasteiger partial charge < -0.3 is 14.4 Å². The van der Waals surface area contributed by atoms with Crippen molar-refractivity contribution in [3.63, 3.8) is 0 Å². The lowest BCUT2D eigenvalue weighted by Crippen LogP contribution is -2.52. The highest BCUT2D eigenvalue weighted by Crippen LogP contribution is 2.40. The van der Waals surface area contributed by atoms with E-state index < -0.39 is 5.72 Å². The van der Waals surface area contributed by atoms with Gasteiger partial charge in [0, 0.05) is 13.0 Å². The zero-order valence-electron chi connectivity index (χ0n) is 10.0. The molecule has 2 heterocycles. The van der Waals surface area contributed by atoms with E-state index >= 15 is 0 Å². The van der Waals surface area contributed by atoms with Crippen LogP contribution < -0.4 is 9.47 Å². The first-order chi connectivity index (χ1) is 8.14. The minimum atomic E-state index is -0.460. The first-order valence-electron chi connectivity index (χ1n) is 5.83. The number of carbonyl (C=O) groups excluding carboxylic acids is 1. The maximum absolute atomic E-state index is 12.4. The molecule has 1 aromatic rings. The fourth-order valence-corrected chi connectivity index (χ4v) is 2.63. The summed E-state index contributed by atoms with van der Waals surface area (Å²) in [5.74, 6) is 1.39. The van der Waals surface area contributed by atoms with Gasteiger partial charge in [-0.1, -0.05) is 0 Å². The molecule has 4 nitrogen and oxygen atoms in total. The Morgan fingerprint density at radius 2 is 2.29 bits per heavy atom. The van der Waals surface area contributed by atoms with Crippen molar-refractivity contribution in [3.8, 4) is 11.5 Å². The molecule has 0 bridgehead atoms. The van der Waals surface area contributed by atoms with Gasteiger partial charge in [-0.05, 0) is 31.5 Å². The van der Waals surface area contributed by atoms with Crippen LogP contribution in [0.3, 0.4) is 0 Å². The van der Waals surface area contributed by atoms with Crippen LogP contribution >= 0.6 is 0 Å². The Bertz CT molecular complexity index is 486. The van der Waals surface area contributed by atoms with Crippen molar-refractivity contribution >= 4 is 5.91 Å². The SMILES string of the molecule is COc1ccc2c(c1)C(=O)N1CCC[C@@]1(C)O2. The molecule has 17 heavy (non-hydrogen) atoms. The standard InChI is InChI=1S/C13H15NO3/c1-13-6-3-7-14(13)12(15)10-8-9(16-2)4-5-11(10)17-13/h4-5,8H,3,6-7H2,1-2H3/t13-/m1/s1. The summed E-state index contributed by atoms with van der Waals surface area (Å²) in [5.41, 5.74) is 0.141. The number of benzene rings is 1. The fraction of sp³-hybridized carbons (Fsp3) is 0.462. The van der Waals surface area contributed by atoms with Crippen molar-refractivity contribution in [3.05, 3.63) is 23.8 Å². The fourth-order valence-electron chi connectivity index (χ4n) is 2.63. The number of amides is 1. The average molecular weight is 233 g/mol. The predicted octanol–water partition coefficient (Wildman–Crippen LogP) is 2.04. The third-order valence-electron chi connectivity index (χ3n) is 3.59. The molecular formula is C13H15NO3. The summed E-state index contributed by atoms with van der Waals surface area (Å²) >= 11 is 0. The Kier molecular flexibility index (Phi) is 2.08. The molecule has 0 N–H and O–H groups in total. The molecule has 1 atom stereocenters. The van der Waals surface area contributed by atoms with E-state index in [0.717, 1.165) is 19.4 Å². The van der Waals surface area contributed by atoms with Gasteiger partial charge >= 0.3 is 0 Å². The van der Waals surface area contributed by atoms with Gasteiger partial charge in [0.15, 0.2) is 5.72 Å². The number of ether oxygens (including phenoxy) is 2. The Hall–Kier alpha value is -1.71. The summed E-state index contributed by atoms with van der Waals surface area (Å²) < 4.78 is 11.1. The lowest BCUT2D eigenvalue weighted by Gasteiger charge is -2.40. The third-order valence-corrected chi connectivity index (χ3v) is 3.59. The quantitative estimate of drug-likeness (QED) is 0.745. The first kappa shape index (κ1) is 10.4. The lowest BCUT2D eigenvalue weighted by molar-refractivity contribution is -0.0374. The molecule has 2 aliphatic rings. The summed E-state index contributed by atoms with van der Waals surface area (Å²) in [7, 11) is 1.59. The number of rotatable bonds is 1. The topological polar surface area (TPSA) is 38.8 Å². The van der Waals surface area contributed by atoms with E-state index in [4.69, 9.17) is 9.47 Å². The van der Waals surface area contributed by atoms with Crippen molar-refractivity contribution in [2.24, 2.45) is 0 Å². The summed E-state index contributed by atoms with van der Waals surface area (Å²) in [5, 5.41) is 0. The van der Waals surface area contributed by atoms with Crippen LogP contribution in [0, 0.1) is 0 Å². The molecule has 1 amide bonds. The van der Waals surface area contributed by atoms with Crippen LogP contribution in [0.2, 0.25) is 0 Å². The molecular weight excluding hydrogens is 218 g/mol. The van der Waals surface area contributed by atoms with Crippen molar-refractivity contribution < 1.29 is 14.3 Å². The summed E-state index contributed by atoms with van der Waals surface area (Å²) in [6, 6.07) is 5.38. The molecule has 4 heteroatoms. The molecule has 90 valence electrons. The van der Waals surface area contributed by atoms with Crippen molar-refractivity contribution in [2.45, 2.75) is 25.5 Å². The average Bonchev–Trinajstić information content (AvgIpc) is 2.71. The molecule has 3 rings (SSSR count). The van der Waals surface area contributed by atoms with Gasteiger partial charge in [-0.15, -0.1) is 0 Å². The summed E-state index contributed by atoms with van der Waals surface area (Å²) in [6.45, 7) is 2.75. The van der Waals surface area contributed by atoms with Crippen molar-refractivity contribution in [2.75, 3.05) is 13.7 Å². The van der Waals surface area contributed by atoms with Gasteiger partial charge in [0.05, 0.1) is 12.7 Å². The van der Waals surface area contributed by atoms with Gasteiger partial charge in [-0.3, -0.25) is 4.79 Å². The second kappa shape index (κ2) is 3.39. The van der Waals surface area contributed by atoms with E-state index in [1.165, 1.54) is 0 Å². The Labute approximate surface area is 100 Å². The second-order valence-corrected chi connectivity index (χ2v) is 4.70. The van der Waals surface area contributed by atoms with E-state index in [9.17, 15) is 4.79 Å². The highest BCUT2D eigenvalue weighted by Gasteiger charge is 2.46. The molecule has 1 fully saturated rings. The van der Waals surface area contributed by atoms with Crippen LogP contribution in [0.25, 0.3) is 0 Å². The monoisotopic (exact) mass is 233 g/mol. The van der Waals surface area contributed by atoms with E-state index in [-0.39, 0.29) is 5.91 Å². The third kappa shape index (κ3) is 1.40. The minimum Gasteiger partial charge on any atom is -0.497 e. The highest BCUT2D eigenvalue weighted by molar-refractivity contribution is 5.99. The predicted molar refractivity (Wildman–Crippen MR) is 62.3 cm³/mol. The molecule has 0 radical (unpaired) electrons. The number of methoxy groups -OCH3 is 1. The van der Waals surface area contributed by atoms with Crippen LogP contribution in [0.15, 0.2) is 18.2 Å². The smallest absolute Gasteiger partial charge is 0.260 e. The van der Waals surface area contributed by atoms with E-state index in [1.807, 2.05) is 24.0 Å². The van der Waals surface area contributed by atoms with E-state index in [1.54, 1.807) is 13.2 Å². The second-order valence-electron chi connectivity index (χ2n) is 4.70. The van der Waals surface area contributed by atoms with Gasteiger partial charge in [-0.2, -0.15) is 0 Å². The maximum Gasteiger partial charge on any atom is 0.260 e. The van der Waals surface area contributed by atoms with E-state index in [2.05, 4.69) is 0 Å². The molecule has 0 aromatic heterocycles. The number of hydrogen-bond donors (Lipinski definition) is 0. The zero-order valence-corrected chi connectivity index (χ0v) is 10.0. The molecule has 0 spiro atoms. The summed E-state index contributed by atoms with van der Waals surface area (Å²) in [4.78, 5) is 14.2. The first-order valence-corrected chi connectivity index (χ1v) is 5.83. The molecule has 2 aliphatic heterocycles. The number of hydrogen-bond acceptors (Lipinski definition) is 3. The molecule has 0 aliphatic carbocycles. The Balaban J connectivity index is 2.09. The highest BCUT2D eigenvalue weighted by atomic mass is 16.5. The lowest BCUT2D eigenvalue weighted by atomic mass is 10.1. The van der Waals surface area contributed by atoms with Crippen LogP contribution in [0.5, 0.6) is 11.5 Å². The van der Waals surface area contributed by atoms with Gasteiger partial charge in [0.25, 0.3) is 5.91 Å². The minimum absolute atomic E-state index is 0.0464. The van der Waals surface area contributed by atoms with Crippen LogP contribution in [0.1, 0.15) is 30.1 Å². The van der Waals surface area contributed by atoms with Crippen LogP contribution in [-0.2, 0) is 0 Å². The van der Waals surface area contributed by atoms with Gasteiger partial charge in [0.1, 0.15) is 11.5 Å². The molecule has 1 saturated heterocycles. The van der Waals surface area contributed by atoms with Gasteiger partial charge in [0.2, 0.25) is 0 Å². The van der Waals surface area contributed by atoms with Crippen LogP contribution in [0.4, 0.5) is 0 Å². The number of nitrogens with zero attached hydrogens (tertiary/aromatic N) is 1. The normalized spacial score (nSPS) is 26.2. The molecule has 1 aromatic carbocycles. The maximum atomic E-state index is 12.4. The van der Waals surface area contributed by atoms with E-state index in [0.29, 0.717) is 17.1 Å². The van der Waals surface area contributed by atoms with Crippen molar-refractivity contribution in [1.82, 2.24) is 4.90 Å². The number of carbonyl (C=O) groups is 1. The number of fused-ring (bicyclic) bond motifs is 2. The Morgan fingerprint density at radius 1 is 1.47 bits per heavy atom. The van der Waals surface area contributed by atoms with Crippen LogP contribution in [-0.4, -0.2) is 30.2 Å². The Morgan fingerprint density at radius 3 is 3.06 bits per heavy atom. The summed E-state index contributed by atoms with van der Waals surface area (Å²) in [6.07, 6.45) is 1.89. The van der Waals surface area contributed by atoms with Gasteiger partial charge in [-0.25, -0.2) is 0 Å². The largest absolute Gasteiger partial charge is 0.497 e. The molecule has 0 saturated carbocycles. The van der Waals surface area contributed by atoms with Crippen molar-refractivity contribution in [1.29, 1.82) is 0 Å². The zero-order chi connectivity index (χ0) is 12.0.